The summed E-state index contributed by atoms with van der Waals surface area (Å²) in [5.41, 5.74) is 2.07. The Bertz CT molecular complexity index is 261. The van der Waals surface area contributed by atoms with Crippen molar-refractivity contribution in [2.45, 2.75) is 27.7 Å². The van der Waals surface area contributed by atoms with E-state index >= 15 is 0 Å². The molecule has 13 heavy (non-hydrogen) atoms. The van der Waals surface area contributed by atoms with Crippen molar-refractivity contribution >= 4 is 0 Å². The van der Waals surface area contributed by atoms with E-state index in [2.05, 4.69) is 25.0 Å². The van der Waals surface area contributed by atoms with Crippen LogP contribution in [0.3, 0.4) is 0 Å². The van der Waals surface area contributed by atoms with Crippen molar-refractivity contribution in [3.05, 3.63) is 23.5 Å². The highest BCUT2D eigenvalue weighted by molar-refractivity contribution is 5.36. The second kappa shape index (κ2) is 4.26. The van der Waals surface area contributed by atoms with Crippen molar-refractivity contribution in [2.24, 2.45) is 5.92 Å². The number of pyridine rings is 1. The molecule has 1 radical (unpaired) electrons. The van der Waals surface area contributed by atoms with Gasteiger partial charge in [0.25, 0.3) is 0 Å². The minimum absolute atomic E-state index is 0.548. The van der Waals surface area contributed by atoms with Crippen LogP contribution < -0.4 is 4.74 Å². The monoisotopic (exact) mass is 178 g/mol. The molecule has 0 amide bonds. The zero-order valence-corrected chi connectivity index (χ0v) is 8.72. The standard InChI is InChI=1S/C11H16NO/c1-8(2)7-13-11-9(3)5-12-6-10(11)4/h5,8H,7H2,1-4H3. The Labute approximate surface area is 80.0 Å². The van der Waals surface area contributed by atoms with E-state index in [0.29, 0.717) is 5.92 Å². The molecule has 0 saturated carbocycles. The van der Waals surface area contributed by atoms with Crippen molar-refractivity contribution in [3.8, 4) is 5.75 Å². The number of aromatic nitrogens is 1. The Hall–Kier alpha value is -1.05. The SMILES string of the molecule is Cc1[c]ncc(C)c1OCC(C)C. The first-order chi connectivity index (χ1) is 6.11. The highest BCUT2D eigenvalue weighted by Crippen LogP contribution is 2.20. The summed E-state index contributed by atoms with van der Waals surface area (Å²) in [5.74, 6) is 1.48. The molecule has 0 saturated heterocycles. The van der Waals surface area contributed by atoms with Crippen LogP contribution in [-0.4, -0.2) is 11.6 Å². The van der Waals surface area contributed by atoms with Crippen LogP contribution in [0.25, 0.3) is 0 Å². The lowest BCUT2D eigenvalue weighted by Crippen LogP contribution is -2.06. The van der Waals surface area contributed by atoms with Crippen molar-refractivity contribution in [1.82, 2.24) is 4.98 Å². The Morgan fingerprint density at radius 3 is 2.69 bits per heavy atom. The van der Waals surface area contributed by atoms with Gasteiger partial charge >= 0.3 is 0 Å². The Morgan fingerprint density at radius 1 is 1.46 bits per heavy atom. The maximum atomic E-state index is 5.66. The third-order valence-corrected chi connectivity index (χ3v) is 1.75. The molecule has 1 rings (SSSR count). The van der Waals surface area contributed by atoms with Gasteiger partial charge in [-0.2, -0.15) is 0 Å². The van der Waals surface area contributed by atoms with E-state index < -0.39 is 0 Å². The molecule has 0 aliphatic heterocycles. The smallest absolute Gasteiger partial charge is 0.128 e. The van der Waals surface area contributed by atoms with Gasteiger partial charge in [0.15, 0.2) is 0 Å². The third-order valence-electron chi connectivity index (χ3n) is 1.75. The molecule has 0 fully saturated rings. The number of hydrogen-bond acceptors (Lipinski definition) is 2. The molecule has 1 aromatic heterocycles. The summed E-state index contributed by atoms with van der Waals surface area (Å²) in [4.78, 5) is 3.97. The molecule has 0 spiro atoms. The molecular formula is C11H16NO. The van der Waals surface area contributed by atoms with Gasteiger partial charge in [-0.05, 0) is 19.8 Å². The molecule has 1 heterocycles. The second-order valence-electron chi connectivity index (χ2n) is 3.71. The third kappa shape index (κ3) is 2.72. The van der Waals surface area contributed by atoms with Crippen LogP contribution in [0.15, 0.2) is 6.20 Å². The largest absolute Gasteiger partial charge is 0.493 e. The molecule has 0 aliphatic rings. The van der Waals surface area contributed by atoms with Crippen LogP contribution in [-0.2, 0) is 0 Å². The first-order valence-corrected chi connectivity index (χ1v) is 4.58. The van der Waals surface area contributed by atoms with Gasteiger partial charge in [-0.3, -0.25) is 4.98 Å². The maximum absolute atomic E-state index is 5.66. The average molecular weight is 178 g/mol. The average Bonchev–Trinajstić information content (AvgIpc) is 2.03. The predicted molar refractivity (Wildman–Crippen MR) is 52.9 cm³/mol. The van der Waals surface area contributed by atoms with Gasteiger partial charge in [0.2, 0.25) is 0 Å². The van der Waals surface area contributed by atoms with E-state index in [9.17, 15) is 0 Å². The first kappa shape index (κ1) is 10.0. The van der Waals surface area contributed by atoms with Crippen molar-refractivity contribution in [3.63, 3.8) is 0 Å². The molecule has 0 atom stereocenters. The highest BCUT2D eigenvalue weighted by atomic mass is 16.5. The van der Waals surface area contributed by atoms with E-state index in [0.717, 1.165) is 23.5 Å². The Kier molecular flexibility index (Phi) is 3.29. The van der Waals surface area contributed by atoms with E-state index in [1.165, 1.54) is 0 Å². The lowest BCUT2D eigenvalue weighted by molar-refractivity contribution is 0.267. The van der Waals surface area contributed by atoms with E-state index in [1.807, 2.05) is 13.8 Å². The summed E-state index contributed by atoms with van der Waals surface area (Å²) in [6, 6.07) is 0. The molecule has 0 unspecified atom stereocenters. The van der Waals surface area contributed by atoms with Gasteiger partial charge in [-0.1, -0.05) is 13.8 Å². The molecule has 2 nitrogen and oxygen atoms in total. The minimum atomic E-state index is 0.548. The summed E-state index contributed by atoms with van der Waals surface area (Å²) in [5, 5.41) is 0. The Balaban J connectivity index is 2.75. The van der Waals surface area contributed by atoms with Crippen molar-refractivity contribution in [1.29, 1.82) is 0 Å². The van der Waals surface area contributed by atoms with Crippen LogP contribution in [0.1, 0.15) is 25.0 Å². The topological polar surface area (TPSA) is 22.1 Å². The lowest BCUT2D eigenvalue weighted by Gasteiger charge is -2.12. The van der Waals surface area contributed by atoms with Crippen LogP contribution in [0.2, 0.25) is 0 Å². The van der Waals surface area contributed by atoms with Crippen molar-refractivity contribution < 1.29 is 4.74 Å². The van der Waals surface area contributed by atoms with Crippen LogP contribution in [0.4, 0.5) is 0 Å². The summed E-state index contributed by atoms with van der Waals surface area (Å²) < 4.78 is 5.66. The first-order valence-electron chi connectivity index (χ1n) is 4.58. The van der Waals surface area contributed by atoms with Gasteiger partial charge in [0.1, 0.15) is 5.75 Å². The fraction of sp³-hybridized carbons (Fsp3) is 0.545. The van der Waals surface area contributed by atoms with Crippen LogP contribution in [0, 0.1) is 26.0 Å². The Morgan fingerprint density at radius 2 is 2.15 bits per heavy atom. The maximum Gasteiger partial charge on any atom is 0.128 e. The molecule has 2 heteroatoms. The van der Waals surface area contributed by atoms with Crippen LogP contribution in [0.5, 0.6) is 5.75 Å². The predicted octanol–water partition coefficient (Wildman–Crippen LogP) is 2.53. The van der Waals surface area contributed by atoms with Crippen molar-refractivity contribution in [2.75, 3.05) is 6.61 Å². The molecule has 0 bridgehead atoms. The molecule has 0 aliphatic carbocycles. The number of ether oxygens (including phenoxy) is 1. The number of aryl methyl sites for hydroxylation is 2. The normalized spacial score (nSPS) is 10.5. The van der Waals surface area contributed by atoms with Gasteiger partial charge in [-0.25, -0.2) is 0 Å². The van der Waals surface area contributed by atoms with Gasteiger partial charge in [0.05, 0.1) is 12.8 Å². The number of nitrogens with zero attached hydrogens (tertiary/aromatic N) is 1. The molecular weight excluding hydrogens is 162 g/mol. The minimum Gasteiger partial charge on any atom is -0.493 e. The zero-order valence-electron chi connectivity index (χ0n) is 8.72. The molecule has 0 N–H and O–H groups in total. The van der Waals surface area contributed by atoms with Gasteiger partial charge in [0, 0.05) is 17.3 Å². The molecule has 0 aromatic carbocycles. The number of rotatable bonds is 3. The summed E-state index contributed by atoms with van der Waals surface area (Å²) in [6.45, 7) is 8.99. The van der Waals surface area contributed by atoms with Crippen LogP contribution >= 0.6 is 0 Å². The molecule has 1 aromatic rings. The zero-order chi connectivity index (χ0) is 9.84. The number of hydrogen-bond donors (Lipinski definition) is 0. The van der Waals surface area contributed by atoms with E-state index in [1.54, 1.807) is 6.20 Å². The highest BCUT2D eigenvalue weighted by Gasteiger charge is 2.04. The fourth-order valence-corrected chi connectivity index (χ4v) is 1.10. The van der Waals surface area contributed by atoms with Gasteiger partial charge < -0.3 is 4.74 Å². The fourth-order valence-electron chi connectivity index (χ4n) is 1.10. The molecule has 71 valence electrons. The summed E-state index contributed by atoms with van der Waals surface area (Å²) in [6.07, 6.45) is 4.67. The summed E-state index contributed by atoms with van der Waals surface area (Å²) in [7, 11) is 0. The van der Waals surface area contributed by atoms with Gasteiger partial charge in [-0.15, -0.1) is 0 Å². The quantitative estimate of drug-likeness (QED) is 0.709. The second-order valence-corrected chi connectivity index (χ2v) is 3.71. The van der Waals surface area contributed by atoms with E-state index in [-0.39, 0.29) is 0 Å². The lowest BCUT2D eigenvalue weighted by atomic mass is 10.2. The summed E-state index contributed by atoms with van der Waals surface area (Å²) >= 11 is 0. The van der Waals surface area contributed by atoms with E-state index in [4.69, 9.17) is 4.74 Å².